The normalized spacial score (nSPS) is 35.1. The SMILES string of the molecule is CC1CC(C)C(C(=O)NCCOC2CCCC2)CC1N. The van der Waals surface area contributed by atoms with Crippen molar-refractivity contribution in [2.24, 2.45) is 23.5 Å². The maximum atomic E-state index is 12.2. The minimum absolute atomic E-state index is 0.0766. The van der Waals surface area contributed by atoms with E-state index in [4.69, 9.17) is 10.5 Å². The molecule has 2 rings (SSSR count). The molecular formula is C16H30N2O2. The quantitative estimate of drug-likeness (QED) is 0.759. The molecule has 2 saturated carbocycles. The van der Waals surface area contributed by atoms with Crippen LogP contribution in [0.1, 0.15) is 52.4 Å². The molecule has 116 valence electrons. The Hall–Kier alpha value is -0.610. The number of nitrogens with one attached hydrogen (secondary N) is 1. The van der Waals surface area contributed by atoms with E-state index in [0.29, 0.717) is 31.1 Å². The molecule has 0 radical (unpaired) electrons. The van der Waals surface area contributed by atoms with Crippen molar-refractivity contribution in [3.63, 3.8) is 0 Å². The third kappa shape index (κ3) is 4.19. The fraction of sp³-hybridized carbons (Fsp3) is 0.938. The topological polar surface area (TPSA) is 64.3 Å². The van der Waals surface area contributed by atoms with E-state index in [0.717, 1.165) is 12.8 Å². The second-order valence-electron chi connectivity index (χ2n) is 6.76. The van der Waals surface area contributed by atoms with Gasteiger partial charge in [-0.3, -0.25) is 4.79 Å². The lowest BCUT2D eigenvalue weighted by Gasteiger charge is -2.36. The zero-order valence-electron chi connectivity index (χ0n) is 12.9. The molecule has 0 heterocycles. The first kappa shape index (κ1) is 15.8. The van der Waals surface area contributed by atoms with Crippen LogP contribution in [0.3, 0.4) is 0 Å². The Balaban J connectivity index is 1.66. The fourth-order valence-electron chi connectivity index (χ4n) is 3.63. The van der Waals surface area contributed by atoms with Crippen molar-refractivity contribution in [1.29, 1.82) is 0 Å². The van der Waals surface area contributed by atoms with Crippen LogP contribution in [0.25, 0.3) is 0 Å². The Bertz CT molecular complexity index is 316. The number of carbonyl (C=O) groups is 1. The van der Waals surface area contributed by atoms with Gasteiger partial charge in [-0.1, -0.05) is 26.7 Å². The van der Waals surface area contributed by atoms with E-state index >= 15 is 0 Å². The van der Waals surface area contributed by atoms with Gasteiger partial charge in [-0.05, 0) is 37.5 Å². The summed E-state index contributed by atoms with van der Waals surface area (Å²) in [5, 5.41) is 3.02. The Labute approximate surface area is 122 Å². The molecular weight excluding hydrogens is 252 g/mol. The number of rotatable bonds is 5. The minimum atomic E-state index is 0.0766. The molecule has 3 N–H and O–H groups in total. The van der Waals surface area contributed by atoms with Crippen molar-refractivity contribution in [3.05, 3.63) is 0 Å². The molecule has 0 aromatic rings. The van der Waals surface area contributed by atoms with Crippen molar-refractivity contribution in [3.8, 4) is 0 Å². The fourth-order valence-corrected chi connectivity index (χ4v) is 3.63. The van der Waals surface area contributed by atoms with Gasteiger partial charge in [0, 0.05) is 18.5 Å². The van der Waals surface area contributed by atoms with Gasteiger partial charge in [0.25, 0.3) is 0 Å². The monoisotopic (exact) mass is 282 g/mol. The van der Waals surface area contributed by atoms with Crippen LogP contribution in [0.5, 0.6) is 0 Å². The zero-order valence-corrected chi connectivity index (χ0v) is 12.9. The molecule has 20 heavy (non-hydrogen) atoms. The molecule has 2 fully saturated rings. The molecule has 4 atom stereocenters. The first-order valence-corrected chi connectivity index (χ1v) is 8.22. The smallest absolute Gasteiger partial charge is 0.223 e. The predicted molar refractivity (Wildman–Crippen MR) is 80.2 cm³/mol. The van der Waals surface area contributed by atoms with Crippen molar-refractivity contribution in [1.82, 2.24) is 5.32 Å². The summed E-state index contributed by atoms with van der Waals surface area (Å²) < 4.78 is 5.77. The summed E-state index contributed by atoms with van der Waals surface area (Å²) >= 11 is 0. The lowest BCUT2D eigenvalue weighted by molar-refractivity contribution is -0.128. The van der Waals surface area contributed by atoms with Crippen molar-refractivity contribution < 1.29 is 9.53 Å². The molecule has 0 aromatic heterocycles. The first-order valence-electron chi connectivity index (χ1n) is 8.22. The highest BCUT2D eigenvalue weighted by molar-refractivity contribution is 5.79. The van der Waals surface area contributed by atoms with Crippen molar-refractivity contribution in [2.45, 2.75) is 64.5 Å². The standard InChI is InChI=1S/C16H30N2O2/c1-11-9-12(2)15(17)10-14(11)16(19)18-7-8-20-13-5-3-4-6-13/h11-15H,3-10,17H2,1-2H3,(H,18,19). The van der Waals surface area contributed by atoms with E-state index in [-0.39, 0.29) is 17.9 Å². The molecule has 2 aliphatic carbocycles. The average Bonchev–Trinajstić information content (AvgIpc) is 2.92. The van der Waals surface area contributed by atoms with E-state index in [9.17, 15) is 4.79 Å². The molecule has 2 aliphatic rings. The van der Waals surface area contributed by atoms with Crippen LogP contribution in [0.4, 0.5) is 0 Å². The first-order chi connectivity index (χ1) is 9.58. The second-order valence-corrected chi connectivity index (χ2v) is 6.76. The van der Waals surface area contributed by atoms with Crippen molar-refractivity contribution >= 4 is 5.91 Å². The number of ether oxygens (including phenoxy) is 1. The Morgan fingerprint density at radius 2 is 1.90 bits per heavy atom. The largest absolute Gasteiger partial charge is 0.376 e. The third-order valence-electron chi connectivity index (χ3n) is 5.08. The van der Waals surface area contributed by atoms with Crippen molar-refractivity contribution in [2.75, 3.05) is 13.2 Å². The van der Waals surface area contributed by atoms with Crippen LogP contribution in [0.15, 0.2) is 0 Å². The van der Waals surface area contributed by atoms with Gasteiger partial charge in [0.1, 0.15) is 0 Å². The summed E-state index contributed by atoms with van der Waals surface area (Å²) in [5.41, 5.74) is 6.10. The van der Waals surface area contributed by atoms with E-state index < -0.39 is 0 Å². The lowest BCUT2D eigenvalue weighted by Crippen LogP contribution is -2.45. The Morgan fingerprint density at radius 3 is 2.60 bits per heavy atom. The molecule has 1 amide bonds. The molecule has 4 unspecified atom stereocenters. The van der Waals surface area contributed by atoms with Gasteiger partial charge in [-0.25, -0.2) is 0 Å². The van der Waals surface area contributed by atoms with Gasteiger partial charge in [0.2, 0.25) is 5.91 Å². The number of carbonyl (C=O) groups excluding carboxylic acids is 1. The molecule has 0 spiro atoms. The molecule has 4 nitrogen and oxygen atoms in total. The summed E-state index contributed by atoms with van der Waals surface area (Å²) in [6.07, 6.45) is 7.23. The summed E-state index contributed by atoms with van der Waals surface area (Å²) in [6, 6.07) is 0.164. The molecule has 0 saturated heterocycles. The van der Waals surface area contributed by atoms with Gasteiger partial charge >= 0.3 is 0 Å². The zero-order chi connectivity index (χ0) is 14.5. The third-order valence-corrected chi connectivity index (χ3v) is 5.08. The van der Waals surface area contributed by atoms with Crippen LogP contribution in [0, 0.1) is 17.8 Å². The van der Waals surface area contributed by atoms with Gasteiger partial charge < -0.3 is 15.8 Å². The number of hydrogen-bond acceptors (Lipinski definition) is 3. The number of nitrogens with two attached hydrogens (primary N) is 1. The Morgan fingerprint density at radius 1 is 1.20 bits per heavy atom. The van der Waals surface area contributed by atoms with E-state index in [1.807, 2.05) is 0 Å². The number of amides is 1. The highest BCUT2D eigenvalue weighted by Crippen LogP contribution is 2.32. The van der Waals surface area contributed by atoms with E-state index in [1.54, 1.807) is 0 Å². The maximum absolute atomic E-state index is 12.2. The molecule has 0 aliphatic heterocycles. The summed E-state index contributed by atoms with van der Waals surface area (Å²) in [7, 11) is 0. The average molecular weight is 282 g/mol. The highest BCUT2D eigenvalue weighted by atomic mass is 16.5. The lowest BCUT2D eigenvalue weighted by atomic mass is 9.72. The van der Waals surface area contributed by atoms with Gasteiger partial charge in [-0.2, -0.15) is 0 Å². The van der Waals surface area contributed by atoms with Gasteiger partial charge in [0.05, 0.1) is 12.7 Å². The summed E-state index contributed by atoms with van der Waals surface area (Å²) in [6.45, 7) is 5.62. The Kier molecular flexibility index (Phi) is 5.85. The van der Waals surface area contributed by atoms with E-state index in [2.05, 4.69) is 19.2 Å². The maximum Gasteiger partial charge on any atom is 0.223 e. The predicted octanol–water partition coefficient (Wildman–Crippen LogP) is 2.07. The van der Waals surface area contributed by atoms with Crippen LogP contribution in [0.2, 0.25) is 0 Å². The van der Waals surface area contributed by atoms with Crippen LogP contribution < -0.4 is 11.1 Å². The second kappa shape index (κ2) is 7.41. The minimum Gasteiger partial charge on any atom is -0.376 e. The summed E-state index contributed by atoms with van der Waals surface area (Å²) in [5.74, 6) is 1.20. The van der Waals surface area contributed by atoms with E-state index in [1.165, 1.54) is 25.7 Å². The van der Waals surface area contributed by atoms with Crippen LogP contribution in [-0.2, 0) is 9.53 Å². The van der Waals surface area contributed by atoms with Gasteiger partial charge in [-0.15, -0.1) is 0 Å². The molecule has 4 heteroatoms. The highest BCUT2D eigenvalue weighted by Gasteiger charge is 2.34. The molecule has 0 aromatic carbocycles. The van der Waals surface area contributed by atoms with Gasteiger partial charge in [0.15, 0.2) is 0 Å². The summed E-state index contributed by atoms with van der Waals surface area (Å²) in [4.78, 5) is 12.2. The van der Waals surface area contributed by atoms with Crippen LogP contribution >= 0.6 is 0 Å². The molecule has 0 bridgehead atoms. The number of hydrogen-bond donors (Lipinski definition) is 2. The van der Waals surface area contributed by atoms with Crippen LogP contribution in [-0.4, -0.2) is 31.2 Å².